The maximum atomic E-state index is 6.25. The smallest absolute Gasteiger partial charge is 1.00 e. The van der Waals surface area contributed by atoms with E-state index in [9.17, 15) is 0 Å². The van der Waals surface area contributed by atoms with Crippen LogP contribution in [0.1, 0.15) is 1.43 Å². The Bertz CT molecular complexity index is 20.3. The van der Waals surface area contributed by atoms with Crippen molar-refractivity contribution in [2.75, 3.05) is 0 Å². The predicted molar refractivity (Wildman–Crippen MR) is 6.08 cm³/mol. The Morgan fingerprint density at radius 1 is 1.40 bits per heavy atom. The molecule has 0 radical (unpaired) electrons. The van der Waals surface area contributed by atoms with Gasteiger partial charge in [0.15, 0.2) is 0 Å². The van der Waals surface area contributed by atoms with Crippen molar-refractivity contribution in [1.29, 1.82) is 5.26 Å². The van der Waals surface area contributed by atoms with Gasteiger partial charge in [0.25, 0.3) is 0 Å². The second-order valence-corrected chi connectivity index (χ2v) is 0. The zero-order valence-corrected chi connectivity index (χ0v) is 7.83. The summed E-state index contributed by atoms with van der Waals surface area (Å²) >= 11 is 0. The number of hydrogen-bond donors (Lipinski definition) is 0. The topological polar surface area (TPSA) is 23.8 Å². The predicted octanol–water partition coefficient (Wildman–Crippen LogP) is -2.79. The minimum Gasteiger partial charge on any atom is -1.00 e. The summed E-state index contributed by atoms with van der Waals surface area (Å²) in [6, 6.07) is 0. The summed E-state index contributed by atoms with van der Waals surface area (Å²) in [5, 5.41) is 6.25. The van der Waals surface area contributed by atoms with Crippen molar-refractivity contribution in [1.82, 2.24) is 0 Å². The van der Waals surface area contributed by atoms with Crippen LogP contribution < -0.4 is 51.4 Å². The molecule has 5 heavy (non-hydrogen) atoms. The van der Waals surface area contributed by atoms with E-state index in [2.05, 4.69) is 0 Å². The molecule has 30 valence electrons. The van der Waals surface area contributed by atoms with Crippen LogP contribution in [-0.4, -0.2) is 0 Å². The maximum Gasteiger partial charge on any atom is 1.00 e. The molecule has 0 aromatic rings. The molecule has 0 saturated heterocycles. The third kappa shape index (κ3) is 23.0. The van der Waals surface area contributed by atoms with Crippen LogP contribution in [0, 0.1) is 11.8 Å². The minimum absolute atomic E-state index is 0. The van der Waals surface area contributed by atoms with E-state index in [1.165, 1.54) is 0 Å². The van der Waals surface area contributed by atoms with E-state index in [0.717, 1.165) is 0 Å². The molecular weight excluding hydrogens is 180 g/mol. The van der Waals surface area contributed by atoms with Gasteiger partial charge >= 0.3 is 51.4 Å². The van der Waals surface area contributed by atoms with Gasteiger partial charge in [-0.1, -0.05) is 0 Å². The van der Waals surface area contributed by atoms with Crippen LogP contribution in [0.3, 0.4) is 0 Å². The van der Waals surface area contributed by atoms with Gasteiger partial charge in [0, 0.05) is 33.6 Å². The summed E-state index contributed by atoms with van der Waals surface area (Å²) in [4.78, 5) is 0. The standard InChI is InChI=1S/CN.Fe.K.Ni.H/c1-2;;;;/q-1;;+1;;-1. The van der Waals surface area contributed by atoms with Crippen LogP contribution in [0.4, 0.5) is 0 Å². The zero-order chi connectivity index (χ0) is 2.00. The number of nitrogens with zero attached hydrogens (tertiary/aromatic N) is 1. The average Bonchev–Trinajstić information content (AvgIpc) is 1.00. The average molecular weight is 181 g/mol. The molecule has 0 aliphatic carbocycles. The van der Waals surface area contributed by atoms with Crippen LogP contribution in [0.25, 0.3) is 0 Å². The third-order valence-corrected chi connectivity index (χ3v) is 0. The molecule has 0 amide bonds. The first-order valence-electron chi connectivity index (χ1n) is 0.224. The van der Waals surface area contributed by atoms with Gasteiger partial charge in [-0.15, -0.1) is 0 Å². The summed E-state index contributed by atoms with van der Waals surface area (Å²) in [6.45, 7) is 4.75. The zero-order valence-electron chi connectivity index (χ0n) is 3.62. The quantitative estimate of drug-likeness (QED) is 0.292. The van der Waals surface area contributed by atoms with E-state index in [1.54, 1.807) is 0 Å². The summed E-state index contributed by atoms with van der Waals surface area (Å²) in [6.07, 6.45) is 0. The van der Waals surface area contributed by atoms with Gasteiger partial charge < -0.3 is 13.3 Å². The Morgan fingerprint density at radius 2 is 1.40 bits per heavy atom. The SMILES string of the molecule is [C-]#N.[Fe].[H-].[K+].[Ni]. The molecule has 0 N–H and O–H groups in total. The molecule has 0 aromatic carbocycles. The Labute approximate surface area is 96.2 Å². The molecule has 0 unspecified atom stereocenters. The fourth-order valence-electron chi connectivity index (χ4n) is 0. The Morgan fingerprint density at radius 3 is 1.40 bits per heavy atom. The van der Waals surface area contributed by atoms with Crippen molar-refractivity contribution in [3.05, 3.63) is 6.57 Å². The molecule has 0 spiro atoms. The van der Waals surface area contributed by atoms with Crippen LogP contribution >= 0.6 is 0 Å². The van der Waals surface area contributed by atoms with Gasteiger partial charge in [0.2, 0.25) is 0 Å². The summed E-state index contributed by atoms with van der Waals surface area (Å²) in [5.74, 6) is 0. The van der Waals surface area contributed by atoms with E-state index in [-0.39, 0.29) is 86.4 Å². The molecule has 0 saturated carbocycles. The van der Waals surface area contributed by atoms with Gasteiger partial charge in [-0.2, -0.15) is 0 Å². The molecule has 0 fully saturated rings. The molecule has 4 heteroatoms. The molecule has 0 aliphatic heterocycles. The second-order valence-electron chi connectivity index (χ2n) is 0. The van der Waals surface area contributed by atoms with E-state index >= 15 is 0 Å². The Kier molecular flexibility index (Phi) is 193. The normalized spacial score (nSPS) is 0.400. The van der Waals surface area contributed by atoms with Crippen molar-refractivity contribution in [3.63, 3.8) is 0 Å². The fraction of sp³-hybridized carbons (Fsp3) is 0. The van der Waals surface area contributed by atoms with Crippen LogP contribution in [0.15, 0.2) is 0 Å². The van der Waals surface area contributed by atoms with Gasteiger partial charge in [0.1, 0.15) is 0 Å². The second kappa shape index (κ2) is 35.4. The molecule has 0 aromatic heterocycles. The summed E-state index contributed by atoms with van der Waals surface area (Å²) in [5.41, 5.74) is 0. The fourth-order valence-corrected chi connectivity index (χ4v) is 0. The van der Waals surface area contributed by atoms with E-state index in [1.807, 2.05) is 0 Å². The molecule has 1 nitrogen and oxygen atoms in total. The van der Waals surface area contributed by atoms with Gasteiger partial charge in [-0.05, 0) is 0 Å². The molecule has 0 aliphatic rings. The first-order chi connectivity index (χ1) is 1.00. The molecule has 0 heterocycles. The Balaban J connectivity index is -0.000000000833. The summed E-state index contributed by atoms with van der Waals surface area (Å²) < 4.78 is 0. The Hall–Kier alpha value is 2.14. The van der Waals surface area contributed by atoms with Crippen LogP contribution in [0.2, 0.25) is 0 Å². The summed E-state index contributed by atoms with van der Waals surface area (Å²) in [7, 11) is 0. The van der Waals surface area contributed by atoms with E-state index in [0.29, 0.717) is 0 Å². The van der Waals surface area contributed by atoms with E-state index in [4.69, 9.17) is 11.8 Å². The van der Waals surface area contributed by atoms with Crippen molar-refractivity contribution in [3.8, 4) is 0 Å². The molecule has 0 atom stereocenters. The molecule has 0 bridgehead atoms. The van der Waals surface area contributed by atoms with E-state index < -0.39 is 0 Å². The molecular formula is CHFeKNNi-. The molecule has 0 rings (SSSR count). The van der Waals surface area contributed by atoms with Crippen molar-refractivity contribution in [2.24, 2.45) is 0 Å². The van der Waals surface area contributed by atoms with Crippen molar-refractivity contribution >= 4 is 0 Å². The maximum absolute atomic E-state index is 6.25. The van der Waals surface area contributed by atoms with Gasteiger partial charge in [-0.25, -0.2) is 0 Å². The minimum atomic E-state index is 0. The largest absolute Gasteiger partial charge is 1.00 e. The third-order valence-electron chi connectivity index (χ3n) is 0. The number of hydrogen-bond acceptors (Lipinski definition) is 1. The van der Waals surface area contributed by atoms with Gasteiger partial charge in [0.05, 0.1) is 0 Å². The van der Waals surface area contributed by atoms with Crippen molar-refractivity contribution in [2.45, 2.75) is 0 Å². The number of rotatable bonds is 0. The first-order valence-corrected chi connectivity index (χ1v) is 0.224. The van der Waals surface area contributed by atoms with Crippen LogP contribution in [-0.2, 0) is 33.6 Å². The van der Waals surface area contributed by atoms with Gasteiger partial charge in [-0.3, -0.25) is 0 Å². The monoisotopic (exact) mass is 180 g/mol. The first kappa shape index (κ1) is 27.3. The van der Waals surface area contributed by atoms with Crippen LogP contribution in [0.5, 0.6) is 0 Å². The van der Waals surface area contributed by atoms with Crippen molar-refractivity contribution < 1.29 is 86.4 Å².